The van der Waals surface area contributed by atoms with Crippen LogP contribution in [0.4, 0.5) is 0 Å². The van der Waals surface area contributed by atoms with Crippen molar-refractivity contribution >= 4 is 29.3 Å². The number of phenols is 1. The average Bonchev–Trinajstić information content (AvgIpc) is 3.38. The molecule has 0 radical (unpaired) electrons. The number of aromatic hydroxyl groups is 1. The molecule has 2 aliphatic heterocycles. The van der Waals surface area contributed by atoms with Crippen LogP contribution in [-0.2, 0) is 14.3 Å². The summed E-state index contributed by atoms with van der Waals surface area (Å²) in [6.45, 7) is 7.10. The van der Waals surface area contributed by atoms with Crippen molar-refractivity contribution in [3.05, 3.63) is 28.8 Å². The number of hydrogen-bond acceptors (Lipinski definition) is 5. The molecular weight excluding hydrogens is 422 g/mol. The maximum Gasteiger partial charge on any atom is 0.253 e. The molecule has 2 saturated heterocycles. The third-order valence-electron chi connectivity index (χ3n) is 5.73. The number of carbonyl (C=O) groups is 3. The highest BCUT2D eigenvalue weighted by atomic mass is 35.5. The van der Waals surface area contributed by atoms with Gasteiger partial charge in [0.25, 0.3) is 5.91 Å². The maximum atomic E-state index is 13.5. The van der Waals surface area contributed by atoms with Crippen molar-refractivity contribution in [1.29, 1.82) is 0 Å². The van der Waals surface area contributed by atoms with Gasteiger partial charge in [-0.25, -0.2) is 0 Å². The van der Waals surface area contributed by atoms with Crippen LogP contribution in [0.15, 0.2) is 18.2 Å². The van der Waals surface area contributed by atoms with Crippen LogP contribution < -0.4 is 10.6 Å². The number of hydrogen-bond donors (Lipinski definition) is 3. The Morgan fingerprint density at radius 1 is 1.26 bits per heavy atom. The Labute approximate surface area is 187 Å². The van der Waals surface area contributed by atoms with Crippen molar-refractivity contribution in [3.8, 4) is 5.75 Å². The minimum Gasteiger partial charge on any atom is -0.506 e. The summed E-state index contributed by atoms with van der Waals surface area (Å²) in [5.74, 6) is -1.26. The number of likely N-dealkylation sites (tertiary alicyclic amines) is 1. The first-order valence-electron chi connectivity index (χ1n) is 10.6. The van der Waals surface area contributed by atoms with Gasteiger partial charge in [-0.1, -0.05) is 38.4 Å². The smallest absolute Gasteiger partial charge is 0.253 e. The van der Waals surface area contributed by atoms with Crippen LogP contribution in [0.5, 0.6) is 5.75 Å². The fourth-order valence-corrected chi connectivity index (χ4v) is 4.18. The van der Waals surface area contributed by atoms with Gasteiger partial charge in [-0.3, -0.25) is 14.4 Å². The van der Waals surface area contributed by atoms with E-state index in [1.807, 2.05) is 20.8 Å². The summed E-state index contributed by atoms with van der Waals surface area (Å²) in [5, 5.41) is 15.5. The minimum atomic E-state index is -0.873. The number of rotatable bonds is 5. The van der Waals surface area contributed by atoms with Crippen molar-refractivity contribution in [2.45, 2.75) is 58.2 Å². The lowest BCUT2D eigenvalue weighted by atomic mass is 9.85. The van der Waals surface area contributed by atoms with Gasteiger partial charge in [0.15, 0.2) is 0 Å². The predicted octanol–water partition coefficient (Wildman–Crippen LogP) is 2.09. The number of benzene rings is 1. The standard InChI is InChI=1S/C22H30ClN3O5/c1-22(2,3)18(25-19(28)14-6-4-8-16(27)17(14)23)21(30)26-10-5-7-15(26)20(29)24-13-9-11-31-12-13/h4,6,8,13,15,18,27H,5,7,9-12H2,1-3H3,(H,24,29)(H,25,28)/t13-,15?,18+/m0/s1. The molecule has 0 aliphatic carbocycles. The van der Waals surface area contributed by atoms with Gasteiger partial charge in [-0.15, -0.1) is 0 Å². The fourth-order valence-electron chi connectivity index (χ4n) is 3.97. The van der Waals surface area contributed by atoms with Gasteiger partial charge in [0.2, 0.25) is 11.8 Å². The summed E-state index contributed by atoms with van der Waals surface area (Å²) in [7, 11) is 0. The molecule has 3 N–H and O–H groups in total. The average molecular weight is 452 g/mol. The Balaban J connectivity index is 1.76. The molecule has 2 aliphatic rings. The molecule has 170 valence electrons. The lowest BCUT2D eigenvalue weighted by Gasteiger charge is -2.35. The molecule has 0 spiro atoms. The second kappa shape index (κ2) is 9.44. The van der Waals surface area contributed by atoms with Crippen molar-refractivity contribution in [2.75, 3.05) is 19.8 Å². The molecule has 1 aromatic rings. The van der Waals surface area contributed by atoms with Crippen LogP contribution >= 0.6 is 11.6 Å². The van der Waals surface area contributed by atoms with Gasteiger partial charge in [0, 0.05) is 13.2 Å². The van der Waals surface area contributed by atoms with E-state index in [-0.39, 0.29) is 34.2 Å². The van der Waals surface area contributed by atoms with Gasteiger partial charge < -0.3 is 25.4 Å². The Kier molecular flexibility index (Phi) is 7.11. The normalized spacial score (nSPS) is 22.3. The summed E-state index contributed by atoms with van der Waals surface area (Å²) < 4.78 is 5.31. The second-order valence-electron chi connectivity index (χ2n) is 9.17. The number of nitrogens with one attached hydrogen (secondary N) is 2. The highest BCUT2D eigenvalue weighted by Crippen LogP contribution is 2.29. The number of carbonyl (C=O) groups excluding carboxylic acids is 3. The Morgan fingerprint density at radius 3 is 2.65 bits per heavy atom. The molecule has 0 saturated carbocycles. The van der Waals surface area contributed by atoms with E-state index in [1.54, 1.807) is 4.90 Å². The van der Waals surface area contributed by atoms with Crippen molar-refractivity contribution in [3.63, 3.8) is 0 Å². The van der Waals surface area contributed by atoms with Crippen LogP contribution in [0.1, 0.15) is 50.4 Å². The molecule has 3 atom stereocenters. The number of amides is 3. The highest BCUT2D eigenvalue weighted by Gasteiger charge is 2.42. The van der Waals surface area contributed by atoms with E-state index in [2.05, 4.69) is 10.6 Å². The molecule has 2 heterocycles. The third kappa shape index (κ3) is 5.30. The molecular formula is C22H30ClN3O5. The van der Waals surface area contributed by atoms with E-state index >= 15 is 0 Å². The van der Waals surface area contributed by atoms with Gasteiger partial charge in [-0.2, -0.15) is 0 Å². The molecule has 0 bridgehead atoms. The summed E-state index contributed by atoms with van der Waals surface area (Å²) in [6, 6.07) is 2.90. The molecule has 31 heavy (non-hydrogen) atoms. The van der Waals surface area contributed by atoms with E-state index in [4.69, 9.17) is 16.3 Å². The highest BCUT2D eigenvalue weighted by molar-refractivity contribution is 6.35. The maximum absolute atomic E-state index is 13.5. The van der Waals surface area contributed by atoms with Crippen LogP contribution in [0.25, 0.3) is 0 Å². The fraction of sp³-hybridized carbons (Fsp3) is 0.591. The zero-order chi connectivity index (χ0) is 22.8. The number of phenolic OH excluding ortho intramolecular Hbond substituents is 1. The first kappa shape index (κ1) is 23.3. The molecule has 1 aromatic carbocycles. The van der Waals surface area contributed by atoms with Gasteiger partial charge in [-0.05, 0) is 36.8 Å². The van der Waals surface area contributed by atoms with Gasteiger partial charge in [0.1, 0.15) is 17.8 Å². The molecule has 3 rings (SSSR count). The molecule has 0 aromatic heterocycles. The molecule has 3 amide bonds. The monoisotopic (exact) mass is 451 g/mol. The molecule has 9 heteroatoms. The van der Waals surface area contributed by atoms with Crippen LogP contribution in [0.2, 0.25) is 5.02 Å². The van der Waals surface area contributed by atoms with E-state index in [9.17, 15) is 19.5 Å². The van der Waals surface area contributed by atoms with Crippen molar-refractivity contribution < 1.29 is 24.2 Å². The SMILES string of the molecule is CC(C)(C)[C@H](NC(=O)c1cccc(O)c1Cl)C(=O)N1CCCC1C(=O)N[C@H]1CCOC1. The van der Waals surface area contributed by atoms with Gasteiger partial charge in [0.05, 0.1) is 23.2 Å². The zero-order valence-corrected chi connectivity index (χ0v) is 18.9. The predicted molar refractivity (Wildman–Crippen MR) is 116 cm³/mol. The summed E-state index contributed by atoms with van der Waals surface area (Å²) in [6.07, 6.45) is 2.06. The molecule has 1 unspecified atom stereocenters. The summed E-state index contributed by atoms with van der Waals surface area (Å²) in [5.41, 5.74) is -0.528. The number of nitrogens with zero attached hydrogens (tertiary/aromatic N) is 1. The number of ether oxygens (including phenoxy) is 1. The first-order chi connectivity index (χ1) is 14.6. The quantitative estimate of drug-likeness (QED) is 0.635. The Morgan fingerprint density at radius 2 is 2.00 bits per heavy atom. The van der Waals surface area contributed by atoms with Crippen LogP contribution in [0.3, 0.4) is 0 Å². The summed E-state index contributed by atoms with van der Waals surface area (Å²) in [4.78, 5) is 40.7. The van der Waals surface area contributed by atoms with E-state index in [0.29, 0.717) is 32.6 Å². The van der Waals surface area contributed by atoms with E-state index < -0.39 is 23.4 Å². The zero-order valence-electron chi connectivity index (χ0n) is 18.1. The van der Waals surface area contributed by atoms with Crippen molar-refractivity contribution in [1.82, 2.24) is 15.5 Å². The summed E-state index contributed by atoms with van der Waals surface area (Å²) >= 11 is 6.07. The number of halogens is 1. The molecule has 8 nitrogen and oxygen atoms in total. The topological polar surface area (TPSA) is 108 Å². The van der Waals surface area contributed by atoms with E-state index in [0.717, 1.165) is 6.42 Å². The first-order valence-corrected chi connectivity index (χ1v) is 10.9. The van der Waals surface area contributed by atoms with E-state index in [1.165, 1.54) is 18.2 Å². The largest absolute Gasteiger partial charge is 0.506 e. The van der Waals surface area contributed by atoms with Gasteiger partial charge >= 0.3 is 0 Å². The Hall–Kier alpha value is -2.32. The van der Waals surface area contributed by atoms with Crippen LogP contribution in [0, 0.1) is 5.41 Å². The minimum absolute atomic E-state index is 0.0314. The third-order valence-corrected chi connectivity index (χ3v) is 6.12. The lowest BCUT2D eigenvalue weighted by molar-refractivity contribution is -0.142. The molecule has 2 fully saturated rings. The van der Waals surface area contributed by atoms with Crippen LogP contribution in [-0.4, -0.2) is 65.6 Å². The van der Waals surface area contributed by atoms with Crippen molar-refractivity contribution in [2.24, 2.45) is 5.41 Å². The second-order valence-corrected chi connectivity index (χ2v) is 9.55. The lowest BCUT2D eigenvalue weighted by Crippen LogP contribution is -2.58. The Bertz CT molecular complexity index is 848.